The first kappa shape index (κ1) is 18.5. The van der Waals surface area contributed by atoms with E-state index in [1.807, 2.05) is 0 Å². The molecule has 4 nitrogen and oxygen atoms in total. The van der Waals surface area contributed by atoms with Crippen LogP contribution in [0.5, 0.6) is 0 Å². The number of benzene rings is 1. The van der Waals surface area contributed by atoms with Crippen molar-refractivity contribution in [2.75, 3.05) is 25.0 Å². The summed E-state index contributed by atoms with van der Waals surface area (Å²) in [6.45, 7) is 13.7. The SMILES string of the molecule is CCC(C)c1ccc(NC(N)=NCCN(CC)C(C)C)cc1. The molecule has 0 fully saturated rings. The summed E-state index contributed by atoms with van der Waals surface area (Å²) >= 11 is 0. The van der Waals surface area contributed by atoms with E-state index in [4.69, 9.17) is 5.73 Å². The Balaban J connectivity index is 2.50. The van der Waals surface area contributed by atoms with Crippen LogP contribution in [-0.4, -0.2) is 36.5 Å². The van der Waals surface area contributed by atoms with Crippen molar-refractivity contribution in [2.45, 2.75) is 53.0 Å². The van der Waals surface area contributed by atoms with Crippen LogP contribution >= 0.6 is 0 Å². The van der Waals surface area contributed by atoms with Crippen LogP contribution in [-0.2, 0) is 0 Å². The molecule has 1 aromatic rings. The van der Waals surface area contributed by atoms with Gasteiger partial charge in [-0.25, -0.2) is 0 Å². The van der Waals surface area contributed by atoms with Gasteiger partial charge in [-0.2, -0.15) is 0 Å². The van der Waals surface area contributed by atoms with Crippen LogP contribution in [0, 0.1) is 0 Å². The average Bonchev–Trinajstić information content (AvgIpc) is 2.51. The molecule has 0 aliphatic heterocycles. The summed E-state index contributed by atoms with van der Waals surface area (Å²) in [6.07, 6.45) is 1.15. The average molecular weight is 304 g/mol. The smallest absolute Gasteiger partial charge is 0.193 e. The van der Waals surface area contributed by atoms with Crippen LogP contribution in [0.15, 0.2) is 29.3 Å². The van der Waals surface area contributed by atoms with E-state index >= 15 is 0 Å². The monoisotopic (exact) mass is 304 g/mol. The Morgan fingerprint density at radius 2 is 1.82 bits per heavy atom. The van der Waals surface area contributed by atoms with Crippen molar-refractivity contribution in [3.05, 3.63) is 29.8 Å². The summed E-state index contributed by atoms with van der Waals surface area (Å²) in [4.78, 5) is 6.78. The van der Waals surface area contributed by atoms with Crippen molar-refractivity contribution >= 4 is 11.6 Å². The molecule has 1 aromatic carbocycles. The number of hydrogen-bond donors (Lipinski definition) is 2. The fraction of sp³-hybridized carbons (Fsp3) is 0.611. The molecule has 0 aliphatic carbocycles. The third-order valence-electron chi connectivity index (χ3n) is 4.17. The van der Waals surface area contributed by atoms with Gasteiger partial charge in [-0.3, -0.25) is 9.89 Å². The zero-order valence-corrected chi connectivity index (χ0v) is 14.8. The van der Waals surface area contributed by atoms with Crippen molar-refractivity contribution in [3.8, 4) is 0 Å². The molecule has 4 heteroatoms. The highest BCUT2D eigenvalue weighted by Crippen LogP contribution is 2.20. The quantitative estimate of drug-likeness (QED) is 0.569. The van der Waals surface area contributed by atoms with Crippen LogP contribution in [0.1, 0.15) is 52.5 Å². The number of nitrogens with two attached hydrogens (primary N) is 1. The van der Waals surface area contributed by atoms with Gasteiger partial charge in [0.15, 0.2) is 5.96 Å². The number of anilines is 1. The largest absolute Gasteiger partial charge is 0.370 e. The molecule has 124 valence electrons. The van der Waals surface area contributed by atoms with Crippen LogP contribution < -0.4 is 11.1 Å². The summed E-state index contributed by atoms with van der Waals surface area (Å²) in [6, 6.07) is 8.98. The fourth-order valence-electron chi connectivity index (χ4n) is 2.40. The topological polar surface area (TPSA) is 53.6 Å². The molecule has 0 radical (unpaired) electrons. The lowest BCUT2D eigenvalue weighted by Crippen LogP contribution is -2.33. The summed E-state index contributed by atoms with van der Waals surface area (Å²) in [5, 5.41) is 3.16. The van der Waals surface area contributed by atoms with E-state index in [2.05, 4.69) is 74.1 Å². The molecular formula is C18H32N4. The molecular weight excluding hydrogens is 272 g/mol. The Labute approximate surface area is 135 Å². The molecule has 0 aliphatic rings. The van der Waals surface area contributed by atoms with Crippen LogP contribution in [0.25, 0.3) is 0 Å². The van der Waals surface area contributed by atoms with E-state index in [0.717, 1.165) is 31.7 Å². The van der Waals surface area contributed by atoms with Crippen molar-refractivity contribution in [1.82, 2.24) is 4.90 Å². The Morgan fingerprint density at radius 3 is 2.32 bits per heavy atom. The van der Waals surface area contributed by atoms with Crippen LogP contribution in [0.2, 0.25) is 0 Å². The first-order valence-electron chi connectivity index (χ1n) is 8.38. The Hall–Kier alpha value is -1.55. The maximum Gasteiger partial charge on any atom is 0.193 e. The molecule has 1 atom stereocenters. The van der Waals surface area contributed by atoms with Gasteiger partial charge in [-0.15, -0.1) is 0 Å². The summed E-state index contributed by atoms with van der Waals surface area (Å²) < 4.78 is 0. The lowest BCUT2D eigenvalue weighted by molar-refractivity contribution is 0.241. The number of aliphatic imine (C=N–C) groups is 1. The van der Waals surface area contributed by atoms with Crippen molar-refractivity contribution < 1.29 is 0 Å². The standard InChI is InChI=1S/C18H32N4/c1-6-15(5)16-8-10-17(11-9-16)21-18(19)20-12-13-22(7-2)14(3)4/h8-11,14-15H,6-7,12-13H2,1-5H3,(H3,19,20,21). The summed E-state index contributed by atoms with van der Waals surface area (Å²) in [7, 11) is 0. The Bertz CT molecular complexity index is 451. The van der Waals surface area contributed by atoms with Gasteiger partial charge in [0.05, 0.1) is 6.54 Å². The third-order valence-corrected chi connectivity index (χ3v) is 4.17. The van der Waals surface area contributed by atoms with Gasteiger partial charge in [-0.1, -0.05) is 32.9 Å². The molecule has 0 spiro atoms. The predicted octanol–water partition coefficient (Wildman–Crippen LogP) is 3.66. The van der Waals surface area contributed by atoms with Crippen molar-refractivity contribution in [3.63, 3.8) is 0 Å². The number of likely N-dealkylation sites (N-methyl/N-ethyl adjacent to an activating group) is 1. The zero-order valence-electron chi connectivity index (χ0n) is 14.8. The second-order valence-electron chi connectivity index (χ2n) is 6.05. The van der Waals surface area contributed by atoms with E-state index in [0.29, 0.717) is 17.9 Å². The van der Waals surface area contributed by atoms with Gasteiger partial charge in [0.25, 0.3) is 0 Å². The molecule has 1 rings (SSSR count). The van der Waals surface area contributed by atoms with Gasteiger partial charge < -0.3 is 11.1 Å². The van der Waals surface area contributed by atoms with Crippen LogP contribution in [0.4, 0.5) is 5.69 Å². The maximum atomic E-state index is 5.95. The van der Waals surface area contributed by atoms with Crippen LogP contribution in [0.3, 0.4) is 0 Å². The number of rotatable bonds is 8. The molecule has 0 heterocycles. The third kappa shape index (κ3) is 6.06. The lowest BCUT2D eigenvalue weighted by Gasteiger charge is -2.23. The minimum Gasteiger partial charge on any atom is -0.370 e. The molecule has 0 aromatic heterocycles. The molecule has 3 N–H and O–H groups in total. The molecule has 0 amide bonds. The van der Waals surface area contributed by atoms with E-state index in [1.165, 1.54) is 5.56 Å². The minimum absolute atomic E-state index is 0.482. The van der Waals surface area contributed by atoms with E-state index in [9.17, 15) is 0 Å². The Kier molecular flexibility index (Phi) is 7.96. The highest BCUT2D eigenvalue weighted by molar-refractivity contribution is 5.92. The molecule has 0 saturated heterocycles. The van der Waals surface area contributed by atoms with Gasteiger partial charge in [0.2, 0.25) is 0 Å². The highest BCUT2D eigenvalue weighted by Gasteiger charge is 2.06. The van der Waals surface area contributed by atoms with Gasteiger partial charge >= 0.3 is 0 Å². The molecule has 1 unspecified atom stereocenters. The minimum atomic E-state index is 0.482. The van der Waals surface area contributed by atoms with E-state index in [1.54, 1.807) is 0 Å². The van der Waals surface area contributed by atoms with E-state index in [-0.39, 0.29) is 0 Å². The fourth-order valence-corrected chi connectivity index (χ4v) is 2.40. The number of nitrogens with zero attached hydrogens (tertiary/aromatic N) is 2. The van der Waals surface area contributed by atoms with Gasteiger partial charge in [0.1, 0.15) is 0 Å². The normalized spacial score (nSPS) is 13.7. The molecule has 0 saturated carbocycles. The maximum absolute atomic E-state index is 5.95. The molecule has 22 heavy (non-hydrogen) atoms. The Morgan fingerprint density at radius 1 is 1.18 bits per heavy atom. The second kappa shape index (κ2) is 9.46. The first-order valence-corrected chi connectivity index (χ1v) is 8.38. The lowest BCUT2D eigenvalue weighted by atomic mass is 9.99. The van der Waals surface area contributed by atoms with Crippen molar-refractivity contribution in [1.29, 1.82) is 0 Å². The summed E-state index contributed by atoms with van der Waals surface area (Å²) in [5.74, 6) is 1.08. The summed E-state index contributed by atoms with van der Waals surface area (Å²) in [5.41, 5.74) is 8.30. The zero-order chi connectivity index (χ0) is 16.5. The highest BCUT2D eigenvalue weighted by atomic mass is 15.2. The van der Waals surface area contributed by atoms with Crippen molar-refractivity contribution in [2.24, 2.45) is 10.7 Å². The molecule has 0 bridgehead atoms. The van der Waals surface area contributed by atoms with Gasteiger partial charge in [-0.05, 0) is 50.4 Å². The predicted molar refractivity (Wildman–Crippen MR) is 97.6 cm³/mol. The number of hydrogen-bond acceptors (Lipinski definition) is 2. The van der Waals surface area contributed by atoms with Gasteiger partial charge in [0, 0.05) is 18.3 Å². The van der Waals surface area contributed by atoms with E-state index < -0.39 is 0 Å². The second-order valence-corrected chi connectivity index (χ2v) is 6.05. The first-order chi connectivity index (χ1) is 10.5. The number of guanidine groups is 1. The number of nitrogens with one attached hydrogen (secondary N) is 1.